The minimum Gasteiger partial charge on any atom is -0.497 e. The molecule has 1 fully saturated rings. The Hall–Kier alpha value is -2.68. The average Bonchev–Trinajstić information content (AvgIpc) is 2.90. The van der Waals surface area contributed by atoms with Crippen LogP contribution in [0.2, 0.25) is 0 Å². The van der Waals surface area contributed by atoms with Crippen molar-refractivity contribution in [3.05, 3.63) is 66.1 Å². The first kappa shape index (κ1) is 25.4. The number of aryl methyl sites for hydroxylation is 1. The van der Waals surface area contributed by atoms with Gasteiger partial charge in [0.25, 0.3) is 0 Å². The van der Waals surface area contributed by atoms with E-state index in [1.807, 2.05) is 48.2 Å². The third kappa shape index (κ3) is 6.51. The van der Waals surface area contributed by atoms with Gasteiger partial charge in [-0.15, -0.1) is 11.8 Å². The van der Waals surface area contributed by atoms with E-state index in [4.69, 9.17) is 9.47 Å². The Morgan fingerprint density at radius 2 is 1.97 bits per heavy atom. The van der Waals surface area contributed by atoms with E-state index in [9.17, 15) is 9.18 Å². The van der Waals surface area contributed by atoms with Crippen molar-refractivity contribution in [3.8, 4) is 5.75 Å². The smallest absolute Gasteiger partial charge is 0.324 e. The molecule has 0 bridgehead atoms. The molecule has 0 spiro atoms. The lowest BCUT2D eigenvalue weighted by molar-refractivity contribution is -0.149. The van der Waals surface area contributed by atoms with Crippen LogP contribution in [0.5, 0.6) is 5.75 Å². The van der Waals surface area contributed by atoms with Gasteiger partial charge in [-0.25, -0.2) is 4.39 Å². The van der Waals surface area contributed by atoms with Crippen LogP contribution in [0.3, 0.4) is 0 Å². The number of rotatable bonds is 10. The lowest BCUT2D eigenvalue weighted by atomic mass is 10.0. The fraction of sp³-hybridized carbons (Fsp3) is 0.407. The van der Waals surface area contributed by atoms with Gasteiger partial charge in [-0.1, -0.05) is 18.2 Å². The first-order chi connectivity index (χ1) is 17.1. The molecule has 1 atom stereocenters. The van der Waals surface area contributed by atoms with Crippen molar-refractivity contribution < 1.29 is 18.7 Å². The van der Waals surface area contributed by atoms with Crippen molar-refractivity contribution in [2.45, 2.75) is 23.8 Å². The standard InChI is InChI=1S/C27H32FN3O3S/c1-33-20-10-11-25-23(17-20)22(24(28)18-29-25)9-6-12-31-14-13-30(19-26(31)27(32)34-2)15-16-35-21-7-4-3-5-8-21/h3-5,7-8,10-11,17-18,26H,6,9,12-16,19H2,1-2H3/t26-/m1/s1. The van der Waals surface area contributed by atoms with Gasteiger partial charge in [0.2, 0.25) is 0 Å². The summed E-state index contributed by atoms with van der Waals surface area (Å²) < 4.78 is 25.1. The quantitative estimate of drug-likeness (QED) is 0.306. The molecule has 1 saturated heterocycles. The molecule has 6 nitrogen and oxygen atoms in total. The second-order valence-electron chi connectivity index (χ2n) is 8.61. The number of nitrogens with zero attached hydrogens (tertiary/aromatic N) is 3. The van der Waals surface area contributed by atoms with Gasteiger partial charge in [0.1, 0.15) is 17.6 Å². The van der Waals surface area contributed by atoms with E-state index in [1.165, 1.54) is 18.2 Å². The van der Waals surface area contributed by atoms with E-state index < -0.39 is 0 Å². The molecule has 3 aromatic rings. The molecule has 1 aromatic heterocycles. The van der Waals surface area contributed by atoms with Crippen molar-refractivity contribution in [1.82, 2.24) is 14.8 Å². The van der Waals surface area contributed by atoms with Crippen LogP contribution in [0.15, 0.2) is 59.6 Å². The first-order valence-corrected chi connectivity index (χ1v) is 12.9. The van der Waals surface area contributed by atoms with Gasteiger partial charge in [0.05, 0.1) is 25.9 Å². The predicted molar refractivity (Wildman–Crippen MR) is 138 cm³/mol. The summed E-state index contributed by atoms with van der Waals surface area (Å²) in [7, 11) is 3.04. The summed E-state index contributed by atoms with van der Waals surface area (Å²) in [6.07, 6.45) is 2.57. The fourth-order valence-electron chi connectivity index (χ4n) is 4.56. The normalized spacial score (nSPS) is 16.9. The number of carbonyl (C=O) groups is 1. The van der Waals surface area contributed by atoms with Crippen LogP contribution >= 0.6 is 11.8 Å². The zero-order chi connectivity index (χ0) is 24.6. The van der Waals surface area contributed by atoms with E-state index in [1.54, 1.807) is 7.11 Å². The van der Waals surface area contributed by atoms with E-state index in [2.05, 4.69) is 26.9 Å². The number of hydrogen-bond acceptors (Lipinski definition) is 7. The van der Waals surface area contributed by atoms with Gasteiger partial charge in [-0.05, 0) is 55.3 Å². The Kier molecular flexibility index (Phi) is 8.95. The largest absolute Gasteiger partial charge is 0.497 e. The monoisotopic (exact) mass is 497 g/mol. The van der Waals surface area contributed by atoms with Crippen LogP contribution in [-0.2, 0) is 16.0 Å². The van der Waals surface area contributed by atoms with Gasteiger partial charge in [-0.3, -0.25) is 19.6 Å². The van der Waals surface area contributed by atoms with Crippen molar-refractivity contribution in [2.75, 3.05) is 52.7 Å². The highest BCUT2D eigenvalue weighted by Gasteiger charge is 2.32. The molecule has 1 aliphatic rings. The van der Waals surface area contributed by atoms with Gasteiger partial charge in [0, 0.05) is 42.2 Å². The molecule has 4 rings (SSSR count). The molecular weight excluding hydrogens is 465 g/mol. The van der Waals surface area contributed by atoms with Crippen LogP contribution in [0, 0.1) is 5.82 Å². The molecule has 0 unspecified atom stereocenters. The lowest BCUT2D eigenvalue weighted by Gasteiger charge is -2.40. The number of fused-ring (bicyclic) bond motifs is 1. The minimum atomic E-state index is -0.311. The van der Waals surface area contributed by atoms with Crippen LogP contribution in [0.25, 0.3) is 10.9 Å². The summed E-state index contributed by atoms with van der Waals surface area (Å²) in [5.41, 5.74) is 1.39. The summed E-state index contributed by atoms with van der Waals surface area (Å²) in [5.74, 6) is 1.13. The van der Waals surface area contributed by atoms with Gasteiger partial charge < -0.3 is 9.47 Å². The number of ether oxygens (including phenoxy) is 2. The van der Waals surface area contributed by atoms with Gasteiger partial charge in [0.15, 0.2) is 0 Å². The number of hydrogen-bond donors (Lipinski definition) is 0. The maximum Gasteiger partial charge on any atom is 0.324 e. The van der Waals surface area contributed by atoms with Crippen LogP contribution in [-0.4, -0.2) is 79.5 Å². The summed E-state index contributed by atoms with van der Waals surface area (Å²) >= 11 is 1.83. The van der Waals surface area contributed by atoms with E-state index >= 15 is 0 Å². The molecule has 1 aliphatic heterocycles. The van der Waals surface area contributed by atoms with Crippen molar-refractivity contribution in [3.63, 3.8) is 0 Å². The predicted octanol–water partition coefficient (Wildman–Crippen LogP) is 4.27. The van der Waals surface area contributed by atoms with Crippen LogP contribution in [0.1, 0.15) is 12.0 Å². The molecule has 0 aliphatic carbocycles. The zero-order valence-corrected chi connectivity index (χ0v) is 21.1. The number of benzene rings is 2. The average molecular weight is 498 g/mol. The Bertz CT molecular complexity index is 1130. The minimum absolute atomic E-state index is 0.212. The Morgan fingerprint density at radius 3 is 2.74 bits per heavy atom. The highest BCUT2D eigenvalue weighted by molar-refractivity contribution is 7.99. The number of methoxy groups -OCH3 is 2. The summed E-state index contributed by atoms with van der Waals surface area (Å²) in [4.78, 5) is 22.5. The number of thioether (sulfide) groups is 1. The van der Waals surface area contributed by atoms with Crippen LogP contribution < -0.4 is 4.74 Å². The number of esters is 1. The van der Waals surface area contributed by atoms with E-state index in [0.717, 1.165) is 42.7 Å². The molecule has 35 heavy (non-hydrogen) atoms. The number of aromatic nitrogens is 1. The summed E-state index contributed by atoms with van der Waals surface area (Å²) in [6.45, 7) is 3.93. The van der Waals surface area contributed by atoms with Crippen molar-refractivity contribution in [1.29, 1.82) is 0 Å². The first-order valence-electron chi connectivity index (χ1n) is 11.9. The number of piperazine rings is 1. The molecule has 8 heteroatoms. The molecule has 2 heterocycles. The van der Waals surface area contributed by atoms with Gasteiger partial charge >= 0.3 is 5.97 Å². The number of carbonyl (C=O) groups excluding carboxylic acids is 1. The molecule has 0 amide bonds. The molecule has 0 N–H and O–H groups in total. The third-order valence-corrected chi connectivity index (χ3v) is 7.47. The lowest BCUT2D eigenvalue weighted by Crippen LogP contribution is -2.57. The third-order valence-electron chi connectivity index (χ3n) is 6.47. The Balaban J connectivity index is 1.35. The SMILES string of the molecule is COC(=O)[C@H]1CN(CCSc2ccccc2)CCN1CCCc1c(F)cnc2ccc(OC)cc12. The highest BCUT2D eigenvalue weighted by atomic mass is 32.2. The Morgan fingerprint density at radius 1 is 1.14 bits per heavy atom. The zero-order valence-electron chi connectivity index (χ0n) is 20.3. The van der Waals surface area contributed by atoms with Crippen molar-refractivity contribution in [2.24, 2.45) is 0 Å². The fourth-order valence-corrected chi connectivity index (χ4v) is 5.49. The highest BCUT2D eigenvalue weighted by Crippen LogP contribution is 2.26. The van der Waals surface area contributed by atoms with E-state index in [0.29, 0.717) is 30.8 Å². The number of halogens is 1. The van der Waals surface area contributed by atoms with Gasteiger partial charge in [-0.2, -0.15) is 0 Å². The van der Waals surface area contributed by atoms with Crippen molar-refractivity contribution >= 4 is 28.6 Å². The molecule has 0 radical (unpaired) electrons. The van der Waals surface area contributed by atoms with E-state index in [-0.39, 0.29) is 17.8 Å². The van der Waals surface area contributed by atoms with Crippen LogP contribution in [0.4, 0.5) is 4.39 Å². The molecule has 186 valence electrons. The molecule has 2 aromatic carbocycles. The maximum atomic E-state index is 14.7. The Labute approximate surface area is 210 Å². The topological polar surface area (TPSA) is 54.9 Å². The second-order valence-corrected chi connectivity index (χ2v) is 9.78. The maximum absolute atomic E-state index is 14.7. The second kappa shape index (κ2) is 12.3. The number of pyridine rings is 1. The summed E-state index contributed by atoms with van der Waals surface area (Å²) in [5, 5.41) is 0.773. The molecular formula is C27H32FN3O3S. The summed E-state index contributed by atoms with van der Waals surface area (Å²) in [6, 6.07) is 15.5. The molecule has 0 saturated carbocycles.